The fourth-order valence-corrected chi connectivity index (χ4v) is 5.02. The fourth-order valence-electron chi connectivity index (χ4n) is 4.10. The number of amides is 1. The Morgan fingerprint density at radius 3 is 2.35 bits per heavy atom. The summed E-state index contributed by atoms with van der Waals surface area (Å²) in [6.45, 7) is 0.380. The molecule has 5 rings (SSSR count). The molecule has 3 aromatic carbocycles. The molecule has 0 bridgehead atoms. The molecule has 1 amide bonds. The molecule has 0 aliphatic carbocycles. The lowest BCUT2D eigenvalue weighted by Gasteiger charge is -2.13. The summed E-state index contributed by atoms with van der Waals surface area (Å²) in [6, 6.07) is 25.6. The number of aromatic nitrogens is 4. The van der Waals surface area contributed by atoms with E-state index in [9.17, 15) is 18.0 Å². The van der Waals surface area contributed by atoms with Crippen molar-refractivity contribution in [3.8, 4) is 5.69 Å². The van der Waals surface area contributed by atoms with Crippen LogP contribution in [0.2, 0.25) is 0 Å². The number of nitrogens with one attached hydrogen (secondary N) is 1. The lowest BCUT2D eigenvalue weighted by Crippen LogP contribution is -2.22. The summed E-state index contributed by atoms with van der Waals surface area (Å²) in [5.74, 6) is 0.756. The molecule has 0 saturated heterocycles. The van der Waals surface area contributed by atoms with Gasteiger partial charge in [0.25, 0.3) is 5.91 Å². The van der Waals surface area contributed by atoms with Crippen LogP contribution in [0.15, 0.2) is 109 Å². The quantitative estimate of drug-likeness (QED) is 0.209. The van der Waals surface area contributed by atoms with Crippen LogP contribution in [0.25, 0.3) is 5.69 Å². The third-order valence-corrected chi connectivity index (χ3v) is 7.10. The van der Waals surface area contributed by atoms with Crippen LogP contribution in [0.1, 0.15) is 38.4 Å². The zero-order valence-electron chi connectivity index (χ0n) is 21.2. The smallest absolute Gasteiger partial charge is 0.348 e. The van der Waals surface area contributed by atoms with E-state index in [0.717, 1.165) is 28.8 Å². The van der Waals surface area contributed by atoms with Crippen molar-refractivity contribution < 1.29 is 18.0 Å². The van der Waals surface area contributed by atoms with Crippen LogP contribution in [0.3, 0.4) is 0 Å². The lowest BCUT2D eigenvalue weighted by atomic mass is 10.1. The maximum absolute atomic E-state index is 13.5. The Bertz CT molecular complexity index is 1590. The molecule has 202 valence electrons. The van der Waals surface area contributed by atoms with Gasteiger partial charge in [0.2, 0.25) is 0 Å². The molecule has 6 nitrogen and oxygen atoms in total. The molecule has 0 atom stereocenters. The molecule has 0 unspecified atom stereocenters. The van der Waals surface area contributed by atoms with Gasteiger partial charge < -0.3 is 5.32 Å². The van der Waals surface area contributed by atoms with Gasteiger partial charge in [-0.05, 0) is 59.2 Å². The van der Waals surface area contributed by atoms with E-state index in [4.69, 9.17) is 0 Å². The number of benzene rings is 3. The van der Waals surface area contributed by atoms with Gasteiger partial charge in [-0.15, -0.1) is 10.2 Å². The van der Waals surface area contributed by atoms with E-state index in [0.29, 0.717) is 41.0 Å². The second-order valence-electron chi connectivity index (χ2n) is 8.97. The van der Waals surface area contributed by atoms with E-state index in [1.54, 1.807) is 41.2 Å². The molecule has 0 spiro atoms. The number of thioether (sulfide) groups is 1. The molecule has 0 aliphatic heterocycles. The van der Waals surface area contributed by atoms with Crippen molar-refractivity contribution in [2.45, 2.75) is 30.1 Å². The number of hydrogen-bond donors (Lipinski definition) is 1. The van der Waals surface area contributed by atoms with Gasteiger partial charge in [-0.25, -0.2) is 0 Å². The van der Waals surface area contributed by atoms with E-state index in [2.05, 4.69) is 20.5 Å². The highest BCUT2D eigenvalue weighted by Crippen LogP contribution is 2.32. The molecule has 40 heavy (non-hydrogen) atoms. The number of pyridine rings is 1. The topological polar surface area (TPSA) is 72.7 Å². The molecule has 1 N–H and O–H groups in total. The van der Waals surface area contributed by atoms with Gasteiger partial charge in [0, 0.05) is 36.7 Å². The second kappa shape index (κ2) is 12.2. The van der Waals surface area contributed by atoms with Crippen LogP contribution in [0.4, 0.5) is 13.2 Å². The SMILES string of the molecule is O=C(NCc1ccncc1)c1cccc(CSc2nnc(Cc3ccccc3)n2-c2cccc(C(F)(F)F)c2)c1. The van der Waals surface area contributed by atoms with E-state index >= 15 is 0 Å². The summed E-state index contributed by atoms with van der Waals surface area (Å²) in [5.41, 5.74) is 2.87. The average Bonchev–Trinajstić information content (AvgIpc) is 3.37. The fraction of sp³-hybridized carbons (Fsp3) is 0.133. The Morgan fingerprint density at radius 2 is 1.57 bits per heavy atom. The molecule has 0 fully saturated rings. The first-order valence-corrected chi connectivity index (χ1v) is 13.4. The third-order valence-electron chi connectivity index (χ3n) is 6.10. The lowest BCUT2D eigenvalue weighted by molar-refractivity contribution is -0.137. The largest absolute Gasteiger partial charge is 0.416 e. The Hall–Kier alpha value is -4.44. The van der Waals surface area contributed by atoms with E-state index in [1.165, 1.54) is 17.8 Å². The Kier molecular flexibility index (Phi) is 8.26. The van der Waals surface area contributed by atoms with E-state index < -0.39 is 11.7 Å². The van der Waals surface area contributed by atoms with E-state index in [-0.39, 0.29) is 5.91 Å². The average molecular weight is 560 g/mol. The summed E-state index contributed by atoms with van der Waals surface area (Å²) in [6.07, 6.45) is -0.738. The minimum absolute atomic E-state index is 0.207. The van der Waals surface area contributed by atoms with Crippen molar-refractivity contribution in [2.24, 2.45) is 0 Å². The highest BCUT2D eigenvalue weighted by atomic mass is 32.2. The molecular weight excluding hydrogens is 535 g/mol. The number of nitrogens with zero attached hydrogens (tertiary/aromatic N) is 4. The number of carbonyl (C=O) groups is 1. The van der Waals surface area contributed by atoms with Crippen LogP contribution >= 0.6 is 11.8 Å². The van der Waals surface area contributed by atoms with Crippen LogP contribution in [-0.4, -0.2) is 25.7 Å². The maximum atomic E-state index is 13.5. The first kappa shape index (κ1) is 27.1. The summed E-state index contributed by atoms with van der Waals surface area (Å²) in [7, 11) is 0. The first-order chi connectivity index (χ1) is 19.4. The summed E-state index contributed by atoms with van der Waals surface area (Å²) in [4.78, 5) is 16.7. The molecule has 2 aromatic heterocycles. The molecule has 10 heteroatoms. The predicted molar refractivity (Wildman–Crippen MR) is 147 cm³/mol. The van der Waals surface area contributed by atoms with Gasteiger partial charge >= 0.3 is 6.18 Å². The van der Waals surface area contributed by atoms with Gasteiger partial charge in [0.15, 0.2) is 5.16 Å². The van der Waals surface area contributed by atoms with Gasteiger partial charge in [0.1, 0.15) is 5.82 Å². The molecule has 0 radical (unpaired) electrons. The minimum atomic E-state index is -4.48. The molecule has 5 aromatic rings. The third kappa shape index (κ3) is 6.76. The van der Waals surface area contributed by atoms with Crippen molar-refractivity contribution in [1.29, 1.82) is 0 Å². The molecular formula is C30H24F3N5OS. The number of carbonyl (C=O) groups excluding carboxylic acids is 1. The number of hydrogen-bond acceptors (Lipinski definition) is 5. The van der Waals surface area contributed by atoms with Crippen molar-refractivity contribution in [1.82, 2.24) is 25.1 Å². The van der Waals surface area contributed by atoms with Crippen LogP contribution in [0, 0.1) is 0 Å². The molecule has 0 aliphatic rings. The van der Waals surface area contributed by atoms with Crippen molar-refractivity contribution in [3.63, 3.8) is 0 Å². The molecule has 0 saturated carbocycles. The van der Waals surface area contributed by atoms with E-state index in [1.807, 2.05) is 48.5 Å². The van der Waals surface area contributed by atoms with Gasteiger partial charge in [-0.3, -0.25) is 14.3 Å². The summed E-state index contributed by atoms with van der Waals surface area (Å²) in [5, 5.41) is 12.0. The number of halogens is 3. The zero-order chi connectivity index (χ0) is 28.0. The Labute approximate surface area is 233 Å². The predicted octanol–water partition coefficient (Wildman–Crippen LogP) is 6.49. The first-order valence-electron chi connectivity index (χ1n) is 12.4. The monoisotopic (exact) mass is 559 g/mol. The van der Waals surface area contributed by atoms with Crippen LogP contribution in [-0.2, 0) is 24.9 Å². The number of alkyl halides is 3. The summed E-state index contributed by atoms with van der Waals surface area (Å²) >= 11 is 1.34. The minimum Gasteiger partial charge on any atom is -0.348 e. The van der Waals surface area contributed by atoms with Crippen LogP contribution < -0.4 is 5.32 Å². The zero-order valence-corrected chi connectivity index (χ0v) is 22.0. The van der Waals surface area contributed by atoms with Crippen molar-refractivity contribution in [3.05, 3.63) is 137 Å². The van der Waals surface area contributed by atoms with Crippen LogP contribution in [0.5, 0.6) is 0 Å². The van der Waals surface area contributed by atoms with Gasteiger partial charge in [0.05, 0.1) is 11.3 Å². The Balaban J connectivity index is 1.37. The summed E-state index contributed by atoms with van der Waals surface area (Å²) < 4.78 is 42.2. The maximum Gasteiger partial charge on any atom is 0.416 e. The highest BCUT2D eigenvalue weighted by Gasteiger charge is 2.31. The Morgan fingerprint density at radius 1 is 0.825 bits per heavy atom. The van der Waals surface area contributed by atoms with Crippen molar-refractivity contribution in [2.75, 3.05) is 0 Å². The molecule has 2 heterocycles. The number of rotatable bonds is 9. The van der Waals surface area contributed by atoms with Gasteiger partial charge in [-0.1, -0.05) is 60.3 Å². The van der Waals surface area contributed by atoms with Crippen molar-refractivity contribution >= 4 is 17.7 Å². The second-order valence-corrected chi connectivity index (χ2v) is 9.91. The normalized spacial score (nSPS) is 11.4. The van der Waals surface area contributed by atoms with Gasteiger partial charge in [-0.2, -0.15) is 13.2 Å². The standard InChI is InChI=1S/C30H24F3N5OS/c31-30(32,33)25-10-5-11-26(18-25)38-27(17-21-6-2-1-3-7-21)36-37-29(38)40-20-23-8-4-9-24(16-23)28(39)35-19-22-12-14-34-15-13-22/h1-16,18H,17,19-20H2,(H,35,39). The highest BCUT2D eigenvalue weighted by molar-refractivity contribution is 7.98.